The Morgan fingerprint density at radius 1 is 0.353 bits per heavy atom. The number of hydrogen-bond donors (Lipinski definition) is 1. The van der Waals surface area contributed by atoms with Gasteiger partial charge in [0.05, 0.1) is 6.61 Å². The largest absolute Gasteiger partial charge is 0.462 e. The van der Waals surface area contributed by atoms with Gasteiger partial charge in [0.1, 0.15) is 6.61 Å². The van der Waals surface area contributed by atoms with Gasteiger partial charge in [0.15, 0.2) is 6.10 Å². The Bertz CT molecular complexity index is 1250. The highest BCUT2D eigenvalue weighted by molar-refractivity contribution is 5.70. The predicted octanol–water partition coefficient (Wildman–Crippen LogP) is 19.8. The van der Waals surface area contributed by atoms with Crippen molar-refractivity contribution in [2.45, 2.75) is 290 Å². The molecule has 0 spiro atoms. The molecule has 0 saturated carbocycles. The van der Waals surface area contributed by atoms with Gasteiger partial charge in [-0.1, -0.05) is 266 Å². The van der Waals surface area contributed by atoms with Crippen molar-refractivity contribution in [3.05, 3.63) is 85.1 Å². The number of ether oxygens (including phenoxy) is 2. The number of aliphatic hydroxyl groups excluding tert-OH is 1. The van der Waals surface area contributed by atoms with Crippen LogP contribution in [0.5, 0.6) is 0 Å². The fourth-order valence-corrected chi connectivity index (χ4v) is 8.32. The maximum absolute atomic E-state index is 12.3. The molecule has 0 aromatic heterocycles. The topological polar surface area (TPSA) is 72.8 Å². The molecule has 0 fully saturated rings. The molecule has 0 aliphatic carbocycles. The maximum atomic E-state index is 12.3. The lowest BCUT2D eigenvalue weighted by molar-refractivity contribution is -0.161. The number of unbranched alkanes of at least 4 members (excludes halogenated alkanes) is 31. The Labute approximate surface area is 422 Å². The standard InChI is InChI=1S/C63H110O5/c1-3-5-7-9-11-13-15-17-19-21-23-25-26-27-28-29-30-31-32-33-34-35-36-38-40-42-44-46-48-50-52-54-56-58-63(66)68-61(59-64)60-67-62(65)57-55-53-51-49-47-45-43-41-39-37-24-22-20-18-16-14-12-10-8-6-4-2/h5,7,11,13,16-19,22-25,39,41,61,64H,3-4,6,8-10,12,14-15,20-21,26-38,40,42-60H2,1-2H3/b7-5-,13-11-,18-16-,19-17-,24-22-,25-23-,41-39-. The first-order valence-corrected chi connectivity index (χ1v) is 29.1. The van der Waals surface area contributed by atoms with Crippen LogP contribution in [0.4, 0.5) is 0 Å². The van der Waals surface area contributed by atoms with Gasteiger partial charge in [-0.2, -0.15) is 0 Å². The van der Waals surface area contributed by atoms with Crippen LogP contribution >= 0.6 is 0 Å². The van der Waals surface area contributed by atoms with E-state index in [0.29, 0.717) is 12.8 Å². The predicted molar refractivity (Wildman–Crippen MR) is 297 cm³/mol. The number of aliphatic hydroxyl groups is 1. The molecule has 0 aromatic rings. The van der Waals surface area contributed by atoms with E-state index in [2.05, 4.69) is 98.9 Å². The Morgan fingerprint density at radius 2 is 0.632 bits per heavy atom. The van der Waals surface area contributed by atoms with Crippen molar-refractivity contribution in [1.82, 2.24) is 0 Å². The molecule has 0 aromatic carbocycles. The zero-order valence-electron chi connectivity index (χ0n) is 44.9. The Hall–Kier alpha value is -2.92. The lowest BCUT2D eigenvalue weighted by atomic mass is 10.0. The van der Waals surface area contributed by atoms with Gasteiger partial charge in [0, 0.05) is 12.8 Å². The summed E-state index contributed by atoms with van der Waals surface area (Å²) in [6, 6.07) is 0. The molecule has 0 aliphatic heterocycles. The van der Waals surface area contributed by atoms with E-state index in [4.69, 9.17) is 9.47 Å². The molecule has 68 heavy (non-hydrogen) atoms. The van der Waals surface area contributed by atoms with E-state index in [1.54, 1.807) is 0 Å². The third kappa shape index (κ3) is 55.7. The first-order valence-electron chi connectivity index (χ1n) is 29.1. The molecule has 5 nitrogen and oxygen atoms in total. The quantitative estimate of drug-likeness (QED) is 0.0374. The van der Waals surface area contributed by atoms with Gasteiger partial charge in [-0.3, -0.25) is 9.59 Å². The van der Waals surface area contributed by atoms with Crippen molar-refractivity contribution < 1.29 is 24.2 Å². The first kappa shape index (κ1) is 65.1. The normalized spacial score (nSPS) is 12.8. The van der Waals surface area contributed by atoms with E-state index in [0.717, 1.165) is 83.5 Å². The third-order valence-corrected chi connectivity index (χ3v) is 12.7. The highest BCUT2D eigenvalue weighted by Crippen LogP contribution is 2.16. The molecule has 0 saturated heterocycles. The summed E-state index contributed by atoms with van der Waals surface area (Å²) < 4.78 is 10.7. The van der Waals surface area contributed by atoms with Crippen molar-refractivity contribution in [2.75, 3.05) is 13.2 Å². The molecule has 1 atom stereocenters. The van der Waals surface area contributed by atoms with E-state index >= 15 is 0 Å². The van der Waals surface area contributed by atoms with E-state index < -0.39 is 6.10 Å². The van der Waals surface area contributed by atoms with Gasteiger partial charge in [-0.05, 0) is 89.9 Å². The van der Waals surface area contributed by atoms with Crippen LogP contribution in [0.3, 0.4) is 0 Å². The van der Waals surface area contributed by atoms with Gasteiger partial charge in [0.2, 0.25) is 0 Å². The molecule has 0 rings (SSSR count). The van der Waals surface area contributed by atoms with Gasteiger partial charge < -0.3 is 14.6 Å². The van der Waals surface area contributed by atoms with Gasteiger partial charge in [-0.25, -0.2) is 0 Å². The lowest BCUT2D eigenvalue weighted by Crippen LogP contribution is -2.28. The second-order valence-corrected chi connectivity index (χ2v) is 19.3. The van der Waals surface area contributed by atoms with E-state index in [1.165, 1.54) is 173 Å². The number of allylic oxidation sites excluding steroid dienone is 14. The van der Waals surface area contributed by atoms with Crippen molar-refractivity contribution in [2.24, 2.45) is 0 Å². The molecule has 5 heteroatoms. The molecule has 0 aliphatic rings. The smallest absolute Gasteiger partial charge is 0.306 e. The molecule has 0 bridgehead atoms. The summed E-state index contributed by atoms with van der Waals surface area (Å²) in [4.78, 5) is 24.5. The van der Waals surface area contributed by atoms with Gasteiger partial charge in [0.25, 0.3) is 0 Å². The molecule has 0 heterocycles. The van der Waals surface area contributed by atoms with Crippen LogP contribution in [0.25, 0.3) is 0 Å². The second-order valence-electron chi connectivity index (χ2n) is 19.3. The van der Waals surface area contributed by atoms with Crippen LogP contribution in [-0.2, 0) is 19.1 Å². The summed E-state index contributed by atoms with van der Waals surface area (Å²) in [5.74, 6) is -0.597. The van der Waals surface area contributed by atoms with Gasteiger partial charge in [-0.15, -0.1) is 0 Å². The Morgan fingerprint density at radius 3 is 0.956 bits per heavy atom. The molecule has 1 unspecified atom stereocenters. The average Bonchev–Trinajstić information content (AvgIpc) is 3.34. The summed E-state index contributed by atoms with van der Waals surface area (Å²) >= 11 is 0. The average molecular weight is 948 g/mol. The van der Waals surface area contributed by atoms with Crippen LogP contribution in [0, 0.1) is 0 Å². The van der Waals surface area contributed by atoms with E-state index in [1.807, 2.05) is 0 Å². The third-order valence-electron chi connectivity index (χ3n) is 12.7. The van der Waals surface area contributed by atoms with Crippen LogP contribution in [0.15, 0.2) is 85.1 Å². The molecule has 1 N–H and O–H groups in total. The van der Waals surface area contributed by atoms with Crippen LogP contribution < -0.4 is 0 Å². The molecule has 392 valence electrons. The van der Waals surface area contributed by atoms with Gasteiger partial charge >= 0.3 is 11.9 Å². The number of esters is 2. The van der Waals surface area contributed by atoms with Crippen LogP contribution in [0.2, 0.25) is 0 Å². The summed E-state index contributed by atoms with van der Waals surface area (Å²) in [5.41, 5.74) is 0. The maximum Gasteiger partial charge on any atom is 0.306 e. The zero-order chi connectivity index (χ0) is 49.2. The Kier molecular flexibility index (Phi) is 55.9. The molecule has 0 radical (unpaired) electrons. The zero-order valence-corrected chi connectivity index (χ0v) is 44.9. The summed E-state index contributed by atoms with van der Waals surface area (Å²) in [6.07, 6.45) is 81.4. The van der Waals surface area contributed by atoms with Crippen LogP contribution in [-0.4, -0.2) is 36.4 Å². The number of hydrogen-bond acceptors (Lipinski definition) is 5. The fraction of sp³-hybridized carbons (Fsp3) is 0.746. The van der Waals surface area contributed by atoms with E-state index in [-0.39, 0.29) is 25.2 Å². The van der Waals surface area contributed by atoms with Crippen molar-refractivity contribution in [1.29, 1.82) is 0 Å². The summed E-state index contributed by atoms with van der Waals surface area (Å²) in [7, 11) is 0. The summed E-state index contributed by atoms with van der Waals surface area (Å²) in [6.45, 7) is 4.03. The van der Waals surface area contributed by atoms with E-state index in [9.17, 15) is 14.7 Å². The number of carbonyl (C=O) groups excluding carboxylic acids is 2. The monoisotopic (exact) mass is 947 g/mol. The fourth-order valence-electron chi connectivity index (χ4n) is 8.32. The SMILES string of the molecule is CC/C=C\C/C=C\C/C=C\C/C=C\CCCCCCCCCCCCCCCCCCCCCCC(=O)OC(CO)COC(=O)CCCCCCCC/C=C\C/C=C\C/C=C\CCCCCCC. The lowest BCUT2D eigenvalue weighted by Gasteiger charge is -2.15. The minimum atomic E-state index is -0.781. The summed E-state index contributed by atoms with van der Waals surface area (Å²) in [5, 5.41) is 9.66. The number of carbonyl (C=O) groups is 2. The number of rotatable bonds is 53. The van der Waals surface area contributed by atoms with Crippen LogP contribution in [0.1, 0.15) is 284 Å². The Balaban J connectivity index is 3.47. The second kappa shape index (κ2) is 58.4. The van der Waals surface area contributed by atoms with Crippen molar-refractivity contribution >= 4 is 11.9 Å². The highest BCUT2D eigenvalue weighted by Gasteiger charge is 2.16. The minimum absolute atomic E-state index is 0.0731. The van der Waals surface area contributed by atoms with Crippen molar-refractivity contribution in [3.63, 3.8) is 0 Å². The molecular weight excluding hydrogens is 837 g/mol. The van der Waals surface area contributed by atoms with Crippen molar-refractivity contribution in [3.8, 4) is 0 Å². The highest BCUT2D eigenvalue weighted by atomic mass is 16.6. The minimum Gasteiger partial charge on any atom is -0.462 e. The first-order chi connectivity index (χ1) is 33.6. The molecular formula is C63H110O5. The molecule has 0 amide bonds.